The summed E-state index contributed by atoms with van der Waals surface area (Å²) in [6, 6.07) is 0. The molecule has 0 unspecified atom stereocenters. The van der Waals surface area contributed by atoms with E-state index in [1.807, 2.05) is 40.2 Å². The molecule has 0 fully saturated rings. The van der Waals surface area contributed by atoms with Gasteiger partial charge in [0.2, 0.25) is 0 Å². The Hall–Kier alpha value is -0.830. The Morgan fingerprint density at radius 2 is 2.17 bits per heavy atom. The topological polar surface area (TPSA) is 27.1 Å². The fraction of sp³-hybridized carbons (Fsp3) is 0.667. The number of ether oxygens (including phenoxy) is 1. The Morgan fingerprint density at radius 1 is 1.50 bits per heavy atom. The summed E-state index contributed by atoms with van der Waals surface area (Å²) < 4.78 is 7.35. The van der Waals surface area contributed by atoms with Gasteiger partial charge in [-0.1, -0.05) is 0 Å². The maximum absolute atomic E-state index is 5.58. The quantitative estimate of drug-likeness (QED) is 0.672. The minimum absolute atomic E-state index is 0.0736. The first-order chi connectivity index (χ1) is 5.47. The standard InChI is InChI=1S/C9H16N2O/c1-9(2,3)12-7-8-5-10-11(4)6-8/h5-6H,7H2,1-4H3. The van der Waals surface area contributed by atoms with Crippen LogP contribution in [0.1, 0.15) is 26.3 Å². The molecule has 0 N–H and O–H groups in total. The molecule has 0 bridgehead atoms. The predicted octanol–water partition coefficient (Wildman–Crippen LogP) is 1.74. The van der Waals surface area contributed by atoms with Gasteiger partial charge in [-0.3, -0.25) is 4.68 Å². The van der Waals surface area contributed by atoms with Crippen molar-refractivity contribution in [3.63, 3.8) is 0 Å². The van der Waals surface area contributed by atoms with E-state index in [4.69, 9.17) is 4.74 Å². The van der Waals surface area contributed by atoms with Crippen molar-refractivity contribution in [3.8, 4) is 0 Å². The maximum Gasteiger partial charge on any atom is 0.0754 e. The van der Waals surface area contributed by atoms with Gasteiger partial charge in [-0.05, 0) is 20.8 Å². The van der Waals surface area contributed by atoms with Gasteiger partial charge in [0, 0.05) is 18.8 Å². The molecule has 0 amide bonds. The van der Waals surface area contributed by atoms with Crippen molar-refractivity contribution in [2.45, 2.75) is 33.0 Å². The molecule has 3 nitrogen and oxygen atoms in total. The lowest BCUT2D eigenvalue weighted by Gasteiger charge is -2.18. The van der Waals surface area contributed by atoms with Crippen molar-refractivity contribution in [3.05, 3.63) is 18.0 Å². The summed E-state index contributed by atoms with van der Waals surface area (Å²) in [5, 5.41) is 4.05. The zero-order valence-electron chi connectivity index (χ0n) is 8.16. The monoisotopic (exact) mass is 168 g/mol. The van der Waals surface area contributed by atoms with Gasteiger partial charge in [0.1, 0.15) is 0 Å². The van der Waals surface area contributed by atoms with Crippen LogP contribution in [0.2, 0.25) is 0 Å². The van der Waals surface area contributed by atoms with E-state index in [9.17, 15) is 0 Å². The van der Waals surface area contributed by atoms with Crippen LogP contribution < -0.4 is 0 Å². The second-order valence-corrected chi connectivity index (χ2v) is 3.92. The van der Waals surface area contributed by atoms with Crippen molar-refractivity contribution < 1.29 is 4.74 Å². The van der Waals surface area contributed by atoms with Crippen molar-refractivity contribution in [1.82, 2.24) is 9.78 Å². The van der Waals surface area contributed by atoms with Crippen LogP contribution in [0.4, 0.5) is 0 Å². The third kappa shape index (κ3) is 3.05. The molecule has 1 rings (SSSR count). The van der Waals surface area contributed by atoms with Crippen LogP contribution in [-0.2, 0) is 18.4 Å². The summed E-state index contributed by atoms with van der Waals surface area (Å²) in [7, 11) is 1.90. The van der Waals surface area contributed by atoms with Crippen molar-refractivity contribution in [1.29, 1.82) is 0 Å². The molecule has 0 atom stereocenters. The first kappa shape index (κ1) is 9.26. The number of hydrogen-bond acceptors (Lipinski definition) is 2. The third-order valence-corrected chi connectivity index (χ3v) is 1.43. The fourth-order valence-corrected chi connectivity index (χ4v) is 0.846. The Bertz CT molecular complexity index is 247. The maximum atomic E-state index is 5.58. The van der Waals surface area contributed by atoms with Crippen molar-refractivity contribution in [2.75, 3.05) is 0 Å². The Morgan fingerprint density at radius 3 is 2.58 bits per heavy atom. The summed E-state index contributed by atoms with van der Waals surface area (Å²) >= 11 is 0. The molecule has 68 valence electrons. The van der Waals surface area contributed by atoms with Crippen LogP contribution in [0.25, 0.3) is 0 Å². The van der Waals surface area contributed by atoms with Gasteiger partial charge < -0.3 is 4.74 Å². The molecule has 1 heterocycles. The van der Waals surface area contributed by atoms with E-state index in [0.717, 1.165) is 5.56 Å². The normalized spacial score (nSPS) is 12.0. The van der Waals surface area contributed by atoms with E-state index in [1.165, 1.54) is 0 Å². The molecule has 0 saturated heterocycles. The number of hydrogen-bond donors (Lipinski definition) is 0. The van der Waals surface area contributed by atoms with Gasteiger partial charge in [0.05, 0.1) is 18.4 Å². The zero-order valence-corrected chi connectivity index (χ0v) is 8.16. The number of rotatable bonds is 2. The van der Waals surface area contributed by atoms with Crippen molar-refractivity contribution >= 4 is 0 Å². The molecule has 0 spiro atoms. The van der Waals surface area contributed by atoms with Crippen LogP contribution >= 0.6 is 0 Å². The highest BCUT2D eigenvalue weighted by molar-refractivity contribution is 5.01. The van der Waals surface area contributed by atoms with E-state index in [2.05, 4.69) is 5.10 Å². The van der Waals surface area contributed by atoms with Crippen LogP contribution in [0, 0.1) is 0 Å². The summed E-state index contributed by atoms with van der Waals surface area (Å²) in [4.78, 5) is 0. The second-order valence-electron chi connectivity index (χ2n) is 3.92. The van der Waals surface area contributed by atoms with Crippen LogP contribution in [0.5, 0.6) is 0 Å². The van der Waals surface area contributed by atoms with Gasteiger partial charge >= 0.3 is 0 Å². The molecule has 0 aliphatic rings. The van der Waals surface area contributed by atoms with Crippen molar-refractivity contribution in [2.24, 2.45) is 7.05 Å². The van der Waals surface area contributed by atoms with E-state index in [0.29, 0.717) is 6.61 Å². The lowest BCUT2D eigenvalue weighted by Crippen LogP contribution is -2.18. The van der Waals surface area contributed by atoms with Gasteiger partial charge in [-0.15, -0.1) is 0 Å². The summed E-state index contributed by atoms with van der Waals surface area (Å²) in [5.41, 5.74) is 1.04. The molecule has 0 saturated carbocycles. The van der Waals surface area contributed by atoms with E-state index >= 15 is 0 Å². The molecular formula is C9H16N2O. The molecule has 0 aliphatic carbocycles. The number of aryl methyl sites for hydroxylation is 1. The summed E-state index contributed by atoms with van der Waals surface area (Å²) in [5.74, 6) is 0. The number of nitrogens with zero attached hydrogens (tertiary/aromatic N) is 2. The van der Waals surface area contributed by atoms with Crippen LogP contribution in [0.15, 0.2) is 12.4 Å². The minimum atomic E-state index is -0.0736. The van der Waals surface area contributed by atoms with Crippen LogP contribution in [-0.4, -0.2) is 15.4 Å². The molecule has 0 radical (unpaired) electrons. The predicted molar refractivity (Wildman–Crippen MR) is 47.8 cm³/mol. The fourth-order valence-electron chi connectivity index (χ4n) is 0.846. The molecule has 3 heteroatoms. The average molecular weight is 168 g/mol. The van der Waals surface area contributed by atoms with Crippen LogP contribution in [0.3, 0.4) is 0 Å². The SMILES string of the molecule is Cn1cc(COC(C)(C)C)cn1. The molecular weight excluding hydrogens is 152 g/mol. The summed E-state index contributed by atoms with van der Waals surface area (Å²) in [6.45, 7) is 6.77. The highest BCUT2D eigenvalue weighted by Crippen LogP contribution is 2.10. The average Bonchev–Trinajstić information content (AvgIpc) is 2.30. The largest absolute Gasteiger partial charge is 0.371 e. The molecule has 0 aliphatic heterocycles. The Balaban J connectivity index is 2.44. The first-order valence-corrected chi connectivity index (χ1v) is 4.09. The van der Waals surface area contributed by atoms with E-state index in [-0.39, 0.29) is 5.60 Å². The summed E-state index contributed by atoms with van der Waals surface area (Å²) in [6.07, 6.45) is 3.79. The van der Waals surface area contributed by atoms with Gasteiger partial charge in [-0.25, -0.2) is 0 Å². The third-order valence-electron chi connectivity index (χ3n) is 1.43. The minimum Gasteiger partial charge on any atom is -0.371 e. The molecule has 1 aromatic heterocycles. The van der Waals surface area contributed by atoms with E-state index < -0.39 is 0 Å². The Labute approximate surface area is 73.3 Å². The molecule has 0 aromatic carbocycles. The highest BCUT2D eigenvalue weighted by atomic mass is 16.5. The van der Waals surface area contributed by atoms with Gasteiger partial charge in [-0.2, -0.15) is 5.10 Å². The van der Waals surface area contributed by atoms with Gasteiger partial charge in [0.15, 0.2) is 0 Å². The lowest BCUT2D eigenvalue weighted by atomic mass is 10.2. The zero-order chi connectivity index (χ0) is 9.19. The number of aromatic nitrogens is 2. The van der Waals surface area contributed by atoms with E-state index in [1.54, 1.807) is 4.68 Å². The second kappa shape index (κ2) is 3.27. The smallest absolute Gasteiger partial charge is 0.0754 e. The Kier molecular flexibility index (Phi) is 2.52. The van der Waals surface area contributed by atoms with Gasteiger partial charge in [0.25, 0.3) is 0 Å². The lowest BCUT2D eigenvalue weighted by molar-refractivity contribution is -0.0149. The molecule has 12 heavy (non-hydrogen) atoms. The molecule has 1 aromatic rings. The highest BCUT2D eigenvalue weighted by Gasteiger charge is 2.10. The first-order valence-electron chi connectivity index (χ1n) is 4.09.